The Hall–Kier alpha value is -3.35. The minimum atomic E-state index is -0.893. The summed E-state index contributed by atoms with van der Waals surface area (Å²) in [5, 5.41) is 0. The first-order valence-electron chi connectivity index (χ1n) is 7.82. The van der Waals surface area contributed by atoms with Gasteiger partial charge in [-0.2, -0.15) is 0 Å². The number of imide groups is 1. The molecule has 0 unspecified atom stereocenters. The number of nitrogens with zero attached hydrogens (tertiary/aromatic N) is 1. The van der Waals surface area contributed by atoms with Crippen LogP contribution in [0.4, 0.5) is 4.39 Å². The van der Waals surface area contributed by atoms with Crippen LogP contribution in [0, 0.1) is 5.82 Å². The Morgan fingerprint density at radius 2 is 1.85 bits per heavy atom. The van der Waals surface area contributed by atoms with E-state index in [1.165, 1.54) is 18.2 Å². The summed E-state index contributed by atoms with van der Waals surface area (Å²) in [6.07, 6.45) is 0.0113. The van der Waals surface area contributed by atoms with Crippen LogP contribution in [0.1, 0.15) is 26.3 Å². The number of ether oxygens (including phenoxy) is 1. The van der Waals surface area contributed by atoms with E-state index in [9.17, 15) is 23.6 Å². The number of halogens is 1. The first-order chi connectivity index (χ1) is 12.5. The van der Waals surface area contributed by atoms with E-state index in [4.69, 9.17) is 4.74 Å². The molecule has 6 nitrogen and oxygen atoms in total. The molecule has 0 saturated carbocycles. The van der Waals surface area contributed by atoms with Gasteiger partial charge in [0.2, 0.25) is 5.91 Å². The van der Waals surface area contributed by atoms with E-state index in [0.29, 0.717) is 11.1 Å². The van der Waals surface area contributed by atoms with E-state index in [0.717, 1.165) is 11.0 Å². The van der Waals surface area contributed by atoms with Crippen LogP contribution in [0.2, 0.25) is 0 Å². The van der Waals surface area contributed by atoms with Gasteiger partial charge in [-0.25, -0.2) is 4.39 Å². The highest BCUT2D eigenvalue weighted by Crippen LogP contribution is 2.19. The second-order valence-electron chi connectivity index (χ2n) is 5.71. The molecule has 0 N–H and O–H groups in total. The Morgan fingerprint density at radius 3 is 2.62 bits per heavy atom. The minimum Gasteiger partial charge on any atom is -0.456 e. The van der Waals surface area contributed by atoms with Gasteiger partial charge >= 0.3 is 5.97 Å². The van der Waals surface area contributed by atoms with Crippen LogP contribution in [0.15, 0.2) is 48.5 Å². The lowest BCUT2D eigenvalue weighted by Gasteiger charge is -2.25. The minimum absolute atomic E-state index is 0.0113. The van der Waals surface area contributed by atoms with Crippen molar-refractivity contribution in [3.05, 3.63) is 71.0 Å². The summed E-state index contributed by atoms with van der Waals surface area (Å²) in [6, 6.07) is 11.6. The number of carbonyl (C=O) groups is 4. The number of fused-ring (bicyclic) bond motifs is 1. The van der Waals surface area contributed by atoms with Gasteiger partial charge in [0.25, 0.3) is 5.91 Å². The largest absolute Gasteiger partial charge is 0.456 e. The van der Waals surface area contributed by atoms with Crippen molar-refractivity contribution >= 4 is 23.6 Å². The Kier molecular flexibility index (Phi) is 4.88. The van der Waals surface area contributed by atoms with E-state index in [1.807, 2.05) is 0 Å². The van der Waals surface area contributed by atoms with Gasteiger partial charge in [-0.1, -0.05) is 30.3 Å². The normalized spacial score (nSPS) is 13.3. The second-order valence-corrected chi connectivity index (χ2v) is 5.71. The lowest BCUT2D eigenvalue weighted by molar-refractivity contribution is -0.146. The number of ketones is 1. The number of esters is 1. The zero-order valence-electron chi connectivity index (χ0n) is 13.6. The molecule has 1 aliphatic rings. The Labute approximate surface area is 148 Å². The molecule has 0 atom stereocenters. The zero-order chi connectivity index (χ0) is 18.7. The number of rotatable bonds is 5. The summed E-state index contributed by atoms with van der Waals surface area (Å²) in [4.78, 5) is 49.1. The first-order valence-corrected chi connectivity index (χ1v) is 7.82. The van der Waals surface area contributed by atoms with Crippen LogP contribution in [0.3, 0.4) is 0 Å². The highest BCUT2D eigenvalue weighted by atomic mass is 19.1. The highest BCUT2D eigenvalue weighted by Gasteiger charge is 2.32. The predicted molar refractivity (Wildman–Crippen MR) is 87.9 cm³/mol. The molecule has 26 heavy (non-hydrogen) atoms. The number of hydrogen-bond acceptors (Lipinski definition) is 5. The summed E-state index contributed by atoms with van der Waals surface area (Å²) >= 11 is 0. The maximum atomic E-state index is 13.1. The number of Topliss-reactive ketones (excluding diaryl/α,β-unsaturated/α-hetero) is 1. The monoisotopic (exact) mass is 355 g/mol. The second kappa shape index (κ2) is 7.26. The molecule has 132 valence electrons. The van der Waals surface area contributed by atoms with Gasteiger partial charge in [-0.3, -0.25) is 24.1 Å². The van der Waals surface area contributed by atoms with Crippen molar-refractivity contribution in [2.45, 2.75) is 6.42 Å². The van der Waals surface area contributed by atoms with E-state index in [-0.39, 0.29) is 12.0 Å². The van der Waals surface area contributed by atoms with Gasteiger partial charge in [0.15, 0.2) is 12.4 Å². The number of benzene rings is 2. The third-order valence-corrected chi connectivity index (χ3v) is 3.93. The van der Waals surface area contributed by atoms with Gasteiger partial charge in [-0.05, 0) is 23.8 Å². The van der Waals surface area contributed by atoms with Crippen LogP contribution in [0.5, 0.6) is 0 Å². The van der Waals surface area contributed by atoms with Gasteiger partial charge < -0.3 is 4.74 Å². The third kappa shape index (κ3) is 3.66. The maximum Gasteiger partial charge on any atom is 0.326 e. The van der Waals surface area contributed by atoms with Crippen LogP contribution < -0.4 is 0 Å². The fourth-order valence-electron chi connectivity index (χ4n) is 2.63. The first kappa shape index (κ1) is 17.5. The molecular formula is C19H14FNO5. The quantitative estimate of drug-likeness (QED) is 0.464. The molecule has 0 aromatic heterocycles. The van der Waals surface area contributed by atoms with Crippen molar-refractivity contribution in [3.63, 3.8) is 0 Å². The van der Waals surface area contributed by atoms with Crippen molar-refractivity contribution in [2.75, 3.05) is 13.2 Å². The standard InChI is InChI=1S/C19H14FNO5/c20-14-6-3-5-13(8-14)16(22)11-26-18(24)10-21-17(23)9-12-4-1-2-7-15(12)19(21)25/h1-8H,9-11H2. The smallest absolute Gasteiger partial charge is 0.326 e. The van der Waals surface area contributed by atoms with Crippen molar-refractivity contribution < 1.29 is 28.3 Å². The fourth-order valence-corrected chi connectivity index (χ4v) is 2.63. The molecule has 2 aromatic carbocycles. The Balaban J connectivity index is 1.61. The molecule has 0 fully saturated rings. The molecule has 2 aromatic rings. The molecule has 7 heteroatoms. The molecule has 0 bridgehead atoms. The number of carbonyl (C=O) groups excluding carboxylic acids is 4. The van der Waals surface area contributed by atoms with Crippen molar-refractivity contribution in [2.24, 2.45) is 0 Å². The Morgan fingerprint density at radius 1 is 1.08 bits per heavy atom. The van der Waals surface area contributed by atoms with Gasteiger partial charge in [0, 0.05) is 11.1 Å². The molecule has 3 rings (SSSR count). The molecule has 0 aliphatic carbocycles. The van der Waals surface area contributed by atoms with Crippen molar-refractivity contribution in [1.29, 1.82) is 0 Å². The number of amides is 2. The van der Waals surface area contributed by atoms with E-state index in [1.54, 1.807) is 24.3 Å². The van der Waals surface area contributed by atoms with Gasteiger partial charge in [0.05, 0.1) is 6.42 Å². The van der Waals surface area contributed by atoms with Crippen LogP contribution in [-0.2, 0) is 20.7 Å². The molecular weight excluding hydrogens is 341 g/mol. The summed E-state index contributed by atoms with van der Waals surface area (Å²) in [7, 11) is 0. The summed E-state index contributed by atoms with van der Waals surface area (Å²) in [5.74, 6) is -3.15. The molecule has 1 aliphatic heterocycles. The SMILES string of the molecule is O=C(CN1C(=O)Cc2ccccc2C1=O)OCC(=O)c1cccc(F)c1. The Bertz CT molecular complexity index is 908. The molecule has 0 radical (unpaired) electrons. The third-order valence-electron chi connectivity index (χ3n) is 3.93. The highest BCUT2D eigenvalue weighted by molar-refractivity contribution is 6.11. The average Bonchev–Trinajstić information content (AvgIpc) is 2.63. The van der Waals surface area contributed by atoms with Crippen LogP contribution >= 0.6 is 0 Å². The van der Waals surface area contributed by atoms with Crippen molar-refractivity contribution in [1.82, 2.24) is 4.90 Å². The van der Waals surface area contributed by atoms with Crippen LogP contribution in [-0.4, -0.2) is 41.6 Å². The maximum absolute atomic E-state index is 13.1. The summed E-state index contributed by atoms with van der Waals surface area (Å²) < 4.78 is 17.9. The fraction of sp³-hybridized carbons (Fsp3) is 0.158. The van der Waals surface area contributed by atoms with Gasteiger partial charge in [0.1, 0.15) is 12.4 Å². The van der Waals surface area contributed by atoms with Crippen molar-refractivity contribution in [3.8, 4) is 0 Å². The molecule has 0 saturated heterocycles. The summed E-state index contributed by atoms with van der Waals surface area (Å²) in [6.45, 7) is -1.18. The molecule has 1 heterocycles. The van der Waals surface area contributed by atoms with Crippen LogP contribution in [0.25, 0.3) is 0 Å². The summed E-state index contributed by atoms with van der Waals surface area (Å²) in [5.41, 5.74) is 1.03. The lowest BCUT2D eigenvalue weighted by Crippen LogP contribution is -2.45. The van der Waals surface area contributed by atoms with Gasteiger partial charge in [-0.15, -0.1) is 0 Å². The average molecular weight is 355 g/mol. The molecule has 2 amide bonds. The van der Waals surface area contributed by atoms with E-state index in [2.05, 4.69) is 0 Å². The lowest BCUT2D eigenvalue weighted by atomic mass is 9.98. The van der Waals surface area contributed by atoms with E-state index >= 15 is 0 Å². The van der Waals surface area contributed by atoms with E-state index < -0.39 is 42.5 Å². The topological polar surface area (TPSA) is 80.8 Å². The molecule has 0 spiro atoms. The predicted octanol–water partition coefficient (Wildman–Crippen LogP) is 1.78. The zero-order valence-corrected chi connectivity index (χ0v) is 13.6. The number of hydrogen-bond donors (Lipinski definition) is 0.